The van der Waals surface area contributed by atoms with Crippen LogP contribution in [-0.2, 0) is 17.2 Å². The molecule has 38 heavy (non-hydrogen) atoms. The highest BCUT2D eigenvalue weighted by Gasteiger charge is 2.57. The van der Waals surface area contributed by atoms with Crippen LogP contribution >= 0.6 is 0 Å². The smallest absolute Gasteiger partial charge is 0.249 e. The molecule has 6 aromatic rings. The molecule has 5 heterocycles. The van der Waals surface area contributed by atoms with Gasteiger partial charge in [0.05, 0.1) is 6.20 Å². The summed E-state index contributed by atoms with van der Waals surface area (Å²) in [5.41, 5.74) is 5.52. The number of aromatic nitrogens is 3. The fraction of sp³-hybridized carbons (Fsp3) is 0.161. The van der Waals surface area contributed by atoms with E-state index in [1.54, 1.807) is 13.3 Å². The molecule has 8 rings (SSSR count). The van der Waals surface area contributed by atoms with Gasteiger partial charge in [-0.2, -0.15) is 0 Å². The Morgan fingerprint density at radius 1 is 0.921 bits per heavy atom. The number of hydrogen-bond donors (Lipinski definition) is 0. The van der Waals surface area contributed by atoms with E-state index in [0.717, 1.165) is 44.5 Å². The van der Waals surface area contributed by atoms with E-state index in [1.165, 1.54) is 0 Å². The van der Waals surface area contributed by atoms with Gasteiger partial charge in [-0.15, -0.1) is 0 Å². The fourth-order valence-corrected chi connectivity index (χ4v) is 6.29. The molecule has 0 spiro atoms. The van der Waals surface area contributed by atoms with Gasteiger partial charge in [-0.3, -0.25) is 0 Å². The molecule has 2 aliphatic heterocycles. The third kappa shape index (κ3) is 2.56. The van der Waals surface area contributed by atoms with E-state index in [1.807, 2.05) is 32.2 Å². The van der Waals surface area contributed by atoms with Gasteiger partial charge in [0.25, 0.3) is 0 Å². The maximum atomic E-state index is 6.76. The highest BCUT2D eigenvalue weighted by atomic mass is 16.7. The minimum absolute atomic E-state index is 0.386. The van der Waals surface area contributed by atoms with Crippen LogP contribution < -0.4 is 4.74 Å². The monoisotopic (exact) mass is 501 g/mol. The molecule has 3 aromatic heterocycles. The normalized spacial score (nSPS) is 19.1. The van der Waals surface area contributed by atoms with Crippen LogP contribution in [0.25, 0.3) is 44.9 Å². The van der Waals surface area contributed by atoms with Crippen LogP contribution in [0, 0.1) is 6.92 Å². The van der Waals surface area contributed by atoms with Crippen molar-refractivity contribution in [1.29, 1.82) is 0 Å². The van der Waals surface area contributed by atoms with Crippen LogP contribution in [0.2, 0.25) is 0 Å². The molecule has 0 saturated carbocycles. The van der Waals surface area contributed by atoms with Crippen LogP contribution in [0.3, 0.4) is 0 Å². The number of hydrogen-bond acceptors (Lipinski definition) is 6. The molecule has 0 amide bonds. The second kappa shape index (κ2) is 7.46. The molecule has 2 atom stereocenters. The number of para-hydroxylation sites is 1. The Labute approximate surface area is 218 Å². The standard InChI is InChI=1S/C31H23N3O4/c1-17-33-26-28(36-17)31(18-9-5-4-6-10-18)22-13-7-12-20(27(22)38-30(31)35-3)19-11-8-14-23-25(19)21(16-34(23)2)24-15-32-29(26)37-24/h4-16,30H,1-3H3/t30-,31-/m1/s1. The van der Waals surface area contributed by atoms with E-state index in [-0.39, 0.29) is 0 Å². The second-order valence-electron chi connectivity index (χ2n) is 9.84. The second-order valence-corrected chi connectivity index (χ2v) is 9.84. The quantitative estimate of drug-likeness (QED) is 0.270. The van der Waals surface area contributed by atoms with Crippen LogP contribution in [0.4, 0.5) is 0 Å². The molecule has 0 fully saturated rings. The van der Waals surface area contributed by atoms with Gasteiger partial charge in [0.15, 0.2) is 23.1 Å². The van der Waals surface area contributed by atoms with E-state index < -0.39 is 11.7 Å². The van der Waals surface area contributed by atoms with Gasteiger partial charge in [-0.05, 0) is 17.2 Å². The lowest BCUT2D eigenvalue weighted by Crippen LogP contribution is -2.41. The Morgan fingerprint density at radius 3 is 2.58 bits per heavy atom. The van der Waals surface area contributed by atoms with Crippen molar-refractivity contribution in [3.05, 3.63) is 102 Å². The van der Waals surface area contributed by atoms with Gasteiger partial charge in [0, 0.05) is 54.9 Å². The van der Waals surface area contributed by atoms with Gasteiger partial charge in [-0.1, -0.05) is 60.7 Å². The molecule has 7 nitrogen and oxygen atoms in total. The summed E-state index contributed by atoms with van der Waals surface area (Å²) in [5, 5.41) is 1.07. The third-order valence-corrected chi connectivity index (χ3v) is 7.83. The van der Waals surface area contributed by atoms with E-state index in [0.29, 0.717) is 29.0 Å². The first-order chi connectivity index (χ1) is 18.6. The molecule has 186 valence electrons. The Bertz CT molecular complexity index is 1880. The highest BCUT2D eigenvalue weighted by molar-refractivity contribution is 6.06. The molecular formula is C31H23N3O4. The van der Waals surface area contributed by atoms with Crippen molar-refractivity contribution in [3.63, 3.8) is 0 Å². The van der Waals surface area contributed by atoms with Gasteiger partial charge in [0.2, 0.25) is 12.2 Å². The maximum Gasteiger partial charge on any atom is 0.249 e. The predicted molar refractivity (Wildman–Crippen MR) is 142 cm³/mol. The van der Waals surface area contributed by atoms with E-state index in [4.69, 9.17) is 28.3 Å². The van der Waals surface area contributed by atoms with Crippen molar-refractivity contribution in [2.75, 3.05) is 7.11 Å². The molecule has 0 saturated heterocycles. The van der Waals surface area contributed by atoms with Crippen molar-refractivity contribution in [1.82, 2.24) is 14.5 Å². The predicted octanol–water partition coefficient (Wildman–Crippen LogP) is 6.48. The fourth-order valence-electron chi connectivity index (χ4n) is 6.29. The summed E-state index contributed by atoms with van der Waals surface area (Å²) < 4.78 is 27.9. The van der Waals surface area contributed by atoms with Gasteiger partial charge in [0.1, 0.15) is 11.2 Å². The van der Waals surface area contributed by atoms with Crippen molar-refractivity contribution >= 4 is 10.9 Å². The topological polar surface area (TPSA) is 75.5 Å². The Balaban J connectivity index is 1.61. The zero-order valence-electron chi connectivity index (χ0n) is 21.1. The summed E-state index contributed by atoms with van der Waals surface area (Å²) >= 11 is 0. The molecule has 0 radical (unpaired) electrons. The van der Waals surface area contributed by atoms with E-state index >= 15 is 0 Å². The molecule has 7 heteroatoms. The maximum absolute atomic E-state index is 6.76. The molecule has 6 bridgehead atoms. The summed E-state index contributed by atoms with van der Waals surface area (Å²) in [6.45, 7) is 1.83. The van der Waals surface area contributed by atoms with Gasteiger partial charge >= 0.3 is 0 Å². The summed E-state index contributed by atoms with van der Waals surface area (Å²) in [4.78, 5) is 9.48. The molecule has 3 aromatic carbocycles. The number of fused-ring (bicyclic) bond motifs is 7. The molecule has 2 aliphatic rings. The summed E-state index contributed by atoms with van der Waals surface area (Å²) in [6, 6.07) is 22.7. The van der Waals surface area contributed by atoms with Crippen molar-refractivity contribution in [2.45, 2.75) is 18.6 Å². The zero-order valence-corrected chi connectivity index (χ0v) is 21.1. The summed E-state index contributed by atoms with van der Waals surface area (Å²) in [7, 11) is 3.70. The lowest BCUT2D eigenvalue weighted by molar-refractivity contribution is -0.0704. The number of rotatable bonds is 2. The van der Waals surface area contributed by atoms with Crippen molar-refractivity contribution in [3.8, 4) is 39.8 Å². The Morgan fingerprint density at radius 2 is 1.74 bits per heavy atom. The number of methoxy groups -OCH3 is 1. The van der Waals surface area contributed by atoms with Crippen LogP contribution in [0.5, 0.6) is 5.75 Å². The minimum Gasteiger partial charge on any atom is -0.462 e. The largest absolute Gasteiger partial charge is 0.462 e. The minimum atomic E-state index is -0.959. The van der Waals surface area contributed by atoms with E-state index in [9.17, 15) is 0 Å². The number of oxazole rings is 2. The van der Waals surface area contributed by atoms with E-state index in [2.05, 4.69) is 59.3 Å². The van der Waals surface area contributed by atoms with Gasteiger partial charge in [-0.25, -0.2) is 9.97 Å². The lowest BCUT2D eigenvalue weighted by Gasteiger charge is -2.32. The summed E-state index contributed by atoms with van der Waals surface area (Å²) in [6.07, 6.45) is 3.12. The number of ether oxygens (including phenoxy) is 2. The number of aryl methyl sites for hydroxylation is 2. The van der Waals surface area contributed by atoms with Crippen molar-refractivity contribution in [2.24, 2.45) is 7.05 Å². The summed E-state index contributed by atoms with van der Waals surface area (Å²) in [5.74, 6) is 2.89. The first kappa shape index (κ1) is 21.5. The Hall–Kier alpha value is -4.62. The molecule has 0 aliphatic carbocycles. The first-order valence-corrected chi connectivity index (χ1v) is 12.5. The number of benzene rings is 3. The zero-order chi connectivity index (χ0) is 25.6. The van der Waals surface area contributed by atoms with Crippen LogP contribution in [-0.4, -0.2) is 27.9 Å². The average molecular weight is 502 g/mol. The average Bonchev–Trinajstić information content (AvgIpc) is 3.71. The third-order valence-electron chi connectivity index (χ3n) is 7.83. The lowest BCUT2D eigenvalue weighted by atomic mass is 9.71. The van der Waals surface area contributed by atoms with Crippen LogP contribution in [0.15, 0.2) is 88.0 Å². The molecule has 0 unspecified atom stereocenters. The highest BCUT2D eigenvalue weighted by Crippen LogP contribution is 2.57. The molecular weight excluding hydrogens is 478 g/mol. The molecule has 0 N–H and O–H groups in total. The SMILES string of the molecule is CO[C@@H]1Oc2c3cccc2[C@]1(c1ccccc1)c1oc(C)nc1-c1ncc(o1)-c1cn(C)c2cccc-3c12. The van der Waals surface area contributed by atoms with Crippen molar-refractivity contribution < 1.29 is 18.3 Å². The number of nitrogens with zero attached hydrogens (tertiary/aromatic N) is 3. The van der Waals surface area contributed by atoms with Crippen LogP contribution in [0.1, 0.15) is 22.8 Å². The van der Waals surface area contributed by atoms with Gasteiger partial charge < -0.3 is 22.9 Å². The Kier molecular flexibility index (Phi) is 4.21. The first-order valence-electron chi connectivity index (χ1n) is 12.5.